The Balaban J connectivity index is 1.21. The zero-order valence-electron chi connectivity index (χ0n) is 32.3. The third-order valence-corrected chi connectivity index (χ3v) is 12.1. The molecule has 12 rings (SSSR count). The van der Waals surface area contributed by atoms with E-state index in [4.69, 9.17) is 15.0 Å². The molecule has 60 heavy (non-hydrogen) atoms. The number of nitriles is 1. The number of fused-ring (bicyclic) bond motifs is 6. The van der Waals surface area contributed by atoms with Crippen LogP contribution in [0.2, 0.25) is 0 Å². The van der Waals surface area contributed by atoms with Crippen LogP contribution in [0.25, 0.3) is 122 Å². The molecule has 1 aliphatic carbocycles. The van der Waals surface area contributed by atoms with Crippen molar-refractivity contribution < 1.29 is 0 Å². The Morgan fingerprint density at radius 1 is 0.283 bits per heavy atom. The summed E-state index contributed by atoms with van der Waals surface area (Å²) in [7, 11) is 0. The lowest BCUT2D eigenvalue weighted by atomic mass is 9.83. The molecule has 4 nitrogen and oxygen atoms in total. The first-order chi connectivity index (χ1) is 29.7. The number of benzene rings is 10. The standard InChI is InChI=1S/C56H32N4/c57-33-36-19-13-27-38-37(36)26-14-28-41(38)48-30-29-46-39-20-7-8-21-40(39)47-31-32-49(52(48)51(46)47)50-42-22-9-11-24-44(42)53(45-25-12-10-23-43(45)50)56-59-54(34-15-3-1-4-16-34)58-55(60-56)35-17-5-2-6-18-35/h1-32H. The molecule has 0 aliphatic heterocycles. The Labute approximate surface area is 346 Å². The minimum Gasteiger partial charge on any atom is -0.208 e. The van der Waals surface area contributed by atoms with Crippen LogP contribution in [0.5, 0.6) is 0 Å². The van der Waals surface area contributed by atoms with Crippen LogP contribution in [0.1, 0.15) is 5.56 Å². The summed E-state index contributed by atoms with van der Waals surface area (Å²) >= 11 is 0. The Kier molecular flexibility index (Phi) is 7.57. The summed E-state index contributed by atoms with van der Waals surface area (Å²) in [5, 5.41) is 18.9. The van der Waals surface area contributed by atoms with Gasteiger partial charge in [0.05, 0.1) is 11.6 Å². The van der Waals surface area contributed by atoms with Gasteiger partial charge in [0.15, 0.2) is 17.5 Å². The Morgan fingerprint density at radius 3 is 1.25 bits per heavy atom. The fourth-order valence-electron chi connectivity index (χ4n) is 9.55. The molecule has 0 spiro atoms. The van der Waals surface area contributed by atoms with Crippen LogP contribution in [-0.4, -0.2) is 15.0 Å². The van der Waals surface area contributed by atoms with E-state index in [9.17, 15) is 5.26 Å². The largest absolute Gasteiger partial charge is 0.208 e. The fourth-order valence-corrected chi connectivity index (χ4v) is 9.55. The van der Waals surface area contributed by atoms with E-state index in [2.05, 4.69) is 152 Å². The highest BCUT2D eigenvalue weighted by Gasteiger charge is 2.28. The van der Waals surface area contributed by atoms with Crippen LogP contribution in [-0.2, 0) is 0 Å². The summed E-state index contributed by atoms with van der Waals surface area (Å²) in [6.07, 6.45) is 0. The second-order valence-corrected chi connectivity index (χ2v) is 15.3. The molecule has 0 saturated heterocycles. The third kappa shape index (κ3) is 5.06. The van der Waals surface area contributed by atoms with Gasteiger partial charge in [-0.3, -0.25) is 0 Å². The maximum Gasteiger partial charge on any atom is 0.165 e. The van der Waals surface area contributed by atoms with E-state index >= 15 is 0 Å². The minimum absolute atomic E-state index is 0.627. The van der Waals surface area contributed by atoms with Crippen molar-refractivity contribution in [2.24, 2.45) is 0 Å². The van der Waals surface area contributed by atoms with Gasteiger partial charge in [0.1, 0.15) is 0 Å². The highest BCUT2D eigenvalue weighted by atomic mass is 15.0. The molecule has 0 bridgehead atoms. The van der Waals surface area contributed by atoms with E-state index in [1.165, 1.54) is 33.0 Å². The van der Waals surface area contributed by atoms with E-state index in [1.54, 1.807) is 0 Å². The highest BCUT2D eigenvalue weighted by Crippen LogP contribution is 2.54. The van der Waals surface area contributed by atoms with Crippen molar-refractivity contribution in [1.82, 2.24) is 15.0 Å². The molecule has 0 N–H and O–H groups in total. The topological polar surface area (TPSA) is 62.5 Å². The summed E-state index contributed by atoms with van der Waals surface area (Å²) < 4.78 is 0. The van der Waals surface area contributed by atoms with Gasteiger partial charge in [0.2, 0.25) is 0 Å². The van der Waals surface area contributed by atoms with Gasteiger partial charge < -0.3 is 0 Å². The minimum atomic E-state index is 0.627. The molecular weight excluding hydrogens is 729 g/mol. The molecule has 0 atom stereocenters. The van der Waals surface area contributed by atoms with Crippen molar-refractivity contribution in [2.75, 3.05) is 0 Å². The van der Waals surface area contributed by atoms with Crippen LogP contribution >= 0.6 is 0 Å². The SMILES string of the molecule is N#Cc1cccc2c(-c3ccc4c5c(ccc(-c6c7ccccc7c(-c7nc(-c8ccccc8)nc(-c8ccccc8)n7)c7ccccc67)c35)-c3ccccc3-4)cccc12. The molecule has 0 amide bonds. The van der Waals surface area contributed by atoms with E-state index < -0.39 is 0 Å². The summed E-state index contributed by atoms with van der Waals surface area (Å²) in [6.45, 7) is 0. The molecule has 0 saturated carbocycles. The number of hydrogen-bond acceptors (Lipinski definition) is 4. The quantitative estimate of drug-likeness (QED) is 0.164. The van der Waals surface area contributed by atoms with Crippen molar-refractivity contribution in [3.63, 3.8) is 0 Å². The van der Waals surface area contributed by atoms with Gasteiger partial charge in [-0.05, 0) is 88.3 Å². The summed E-state index contributed by atoms with van der Waals surface area (Å²) in [5.74, 6) is 1.88. The third-order valence-electron chi connectivity index (χ3n) is 12.1. The smallest absolute Gasteiger partial charge is 0.165 e. The Morgan fingerprint density at radius 2 is 0.683 bits per heavy atom. The van der Waals surface area contributed by atoms with Gasteiger partial charge in [0.25, 0.3) is 0 Å². The molecular formula is C56H32N4. The molecule has 1 aromatic heterocycles. The number of aromatic nitrogens is 3. The van der Waals surface area contributed by atoms with E-state index in [0.717, 1.165) is 71.3 Å². The van der Waals surface area contributed by atoms with Gasteiger partial charge in [-0.15, -0.1) is 0 Å². The van der Waals surface area contributed by atoms with Gasteiger partial charge in [-0.25, -0.2) is 15.0 Å². The normalized spacial score (nSPS) is 11.7. The molecule has 0 fully saturated rings. The van der Waals surface area contributed by atoms with E-state index in [0.29, 0.717) is 23.0 Å². The van der Waals surface area contributed by atoms with Gasteiger partial charge in [-0.1, -0.05) is 188 Å². The number of hydrogen-bond donors (Lipinski definition) is 0. The average molecular weight is 761 g/mol. The maximum absolute atomic E-state index is 10.1. The van der Waals surface area contributed by atoms with Crippen molar-refractivity contribution in [2.45, 2.75) is 0 Å². The molecule has 276 valence electrons. The van der Waals surface area contributed by atoms with Crippen molar-refractivity contribution >= 4 is 43.1 Å². The summed E-state index contributed by atoms with van der Waals surface area (Å²) in [6, 6.07) is 70.5. The lowest BCUT2D eigenvalue weighted by molar-refractivity contribution is 1.08. The van der Waals surface area contributed by atoms with E-state index in [1.807, 2.05) is 48.5 Å². The lowest BCUT2D eigenvalue weighted by Gasteiger charge is -2.21. The first kappa shape index (κ1) is 33.8. The highest BCUT2D eigenvalue weighted by molar-refractivity contribution is 6.29. The molecule has 0 unspecified atom stereocenters. The van der Waals surface area contributed by atoms with Crippen LogP contribution in [0.15, 0.2) is 194 Å². The average Bonchev–Trinajstić information content (AvgIpc) is 3.65. The van der Waals surface area contributed by atoms with Crippen LogP contribution in [0, 0.1) is 11.3 Å². The van der Waals surface area contributed by atoms with Crippen molar-refractivity contribution in [1.29, 1.82) is 5.26 Å². The van der Waals surface area contributed by atoms with Gasteiger partial charge in [0, 0.05) is 22.1 Å². The van der Waals surface area contributed by atoms with Gasteiger partial charge >= 0.3 is 0 Å². The zero-order chi connectivity index (χ0) is 39.7. The maximum atomic E-state index is 10.1. The predicted octanol–water partition coefficient (Wildman–Crippen LogP) is 14.3. The van der Waals surface area contributed by atoms with Crippen LogP contribution < -0.4 is 0 Å². The first-order valence-corrected chi connectivity index (χ1v) is 20.2. The molecule has 0 radical (unpaired) electrons. The summed E-state index contributed by atoms with van der Waals surface area (Å²) in [5.41, 5.74) is 13.0. The second-order valence-electron chi connectivity index (χ2n) is 15.3. The van der Waals surface area contributed by atoms with Crippen molar-refractivity contribution in [3.05, 3.63) is 200 Å². The Hall–Kier alpha value is -8.26. The molecule has 1 heterocycles. The molecule has 1 aliphatic rings. The second kappa shape index (κ2) is 13.4. The fraction of sp³-hybridized carbons (Fsp3) is 0. The van der Waals surface area contributed by atoms with Gasteiger partial charge in [-0.2, -0.15) is 5.26 Å². The zero-order valence-corrected chi connectivity index (χ0v) is 32.3. The van der Waals surface area contributed by atoms with Crippen LogP contribution in [0.3, 0.4) is 0 Å². The molecule has 10 aromatic carbocycles. The number of rotatable bonds is 5. The summed E-state index contributed by atoms with van der Waals surface area (Å²) in [4.78, 5) is 15.5. The first-order valence-electron chi connectivity index (χ1n) is 20.2. The monoisotopic (exact) mass is 760 g/mol. The molecule has 11 aromatic rings. The number of nitrogens with zero attached hydrogens (tertiary/aromatic N) is 4. The predicted molar refractivity (Wildman–Crippen MR) is 246 cm³/mol. The van der Waals surface area contributed by atoms with Crippen molar-refractivity contribution in [3.8, 4) is 84.7 Å². The van der Waals surface area contributed by atoms with Crippen LogP contribution in [0.4, 0.5) is 0 Å². The van der Waals surface area contributed by atoms with E-state index in [-0.39, 0.29) is 0 Å². The molecule has 4 heteroatoms. The lowest BCUT2D eigenvalue weighted by Crippen LogP contribution is -2.01. The Bertz CT molecular complexity index is 3460.